The number of rotatable bonds is 2. The molecule has 0 aliphatic heterocycles. The lowest BCUT2D eigenvalue weighted by molar-refractivity contribution is 0.239. The van der Waals surface area contributed by atoms with Gasteiger partial charge in [-0.2, -0.15) is 0 Å². The summed E-state index contributed by atoms with van der Waals surface area (Å²) in [5.74, 6) is 1.18. The quantitative estimate of drug-likeness (QED) is 0.565. The Morgan fingerprint density at radius 2 is 2.33 bits per heavy atom. The summed E-state index contributed by atoms with van der Waals surface area (Å²) in [6.07, 6.45) is 1.00. The Morgan fingerprint density at radius 3 is 2.44 bits per heavy atom. The molecule has 1 aliphatic carbocycles. The van der Waals surface area contributed by atoms with Crippen molar-refractivity contribution in [1.82, 2.24) is 0 Å². The first-order chi connectivity index (χ1) is 4.10. The van der Waals surface area contributed by atoms with Gasteiger partial charge in [-0.15, -0.1) is 0 Å². The van der Waals surface area contributed by atoms with Crippen LogP contribution in [-0.2, 0) is 0 Å². The summed E-state index contributed by atoms with van der Waals surface area (Å²) in [4.78, 5) is 0. The summed E-state index contributed by atoms with van der Waals surface area (Å²) >= 11 is 0. The fourth-order valence-electron chi connectivity index (χ4n) is 1.43. The standard InChI is InChI=1S/C7H15NO/c1-5(2)6-3-7(6,8)4-9/h5-6,9H,3-4,8H2,1-2H3. The van der Waals surface area contributed by atoms with E-state index in [-0.39, 0.29) is 12.1 Å². The Balaban J connectivity index is 2.38. The molecule has 1 saturated carbocycles. The molecule has 0 aromatic heterocycles. The molecule has 0 spiro atoms. The van der Waals surface area contributed by atoms with E-state index in [1.165, 1.54) is 0 Å². The normalized spacial score (nSPS) is 41.7. The predicted molar refractivity (Wildman–Crippen MR) is 36.9 cm³/mol. The summed E-state index contributed by atoms with van der Waals surface area (Å²) in [6, 6.07) is 0. The summed E-state index contributed by atoms with van der Waals surface area (Å²) in [7, 11) is 0. The molecule has 0 amide bonds. The number of hydrogen-bond donors (Lipinski definition) is 2. The Bertz CT molecular complexity index is 113. The van der Waals surface area contributed by atoms with Crippen molar-refractivity contribution in [1.29, 1.82) is 0 Å². The maximum atomic E-state index is 8.76. The summed E-state index contributed by atoms with van der Waals surface area (Å²) < 4.78 is 0. The zero-order valence-corrected chi connectivity index (χ0v) is 6.09. The number of aliphatic hydroxyl groups excluding tert-OH is 1. The van der Waals surface area contributed by atoms with E-state index in [1.807, 2.05) is 0 Å². The van der Waals surface area contributed by atoms with Crippen LogP contribution in [0, 0.1) is 11.8 Å². The van der Waals surface area contributed by atoms with Crippen LogP contribution in [0.2, 0.25) is 0 Å². The first-order valence-corrected chi connectivity index (χ1v) is 3.50. The van der Waals surface area contributed by atoms with Gasteiger partial charge in [0, 0.05) is 5.54 Å². The lowest BCUT2D eigenvalue weighted by Crippen LogP contribution is -2.30. The third kappa shape index (κ3) is 1.10. The van der Waals surface area contributed by atoms with Gasteiger partial charge in [0.2, 0.25) is 0 Å². The lowest BCUT2D eigenvalue weighted by Gasteiger charge is -2.08. The second-order valence-corrected chi connectivity index (χ2v) is 3.45. The lowest BCUT2D eigenvalue weighted by atomic mass is 10.1. The van der Waals surface area contributed by atoms with Crippen LogP contribution in [0.25, 0.3) is 0 Å². The van der Waals surface area contributed by atoms with Crippen molar-refractivity contribution < 1.29 is 5.11 Å². The number of aliphatic hydroxyl groups is 1. The van der Waals surface area contributed by atoms with E-state index < -0.39 is 0 Å². The largest absolute Gasteiger partial charge is 0.394 e. The molecule has 9 heavy (non-hydrogen) atoms. The number of nitrogens with two attached hydrogens (primary N) is 1. The highest BCUT2D eigenvalue weighted by Crippen LogP contribution is 2.45. The molecule has 2 heteroatoms. The molecule has 2 nitrogen and oxygen atoms in total. The molecule has 0 saturated heterocycles. The van der Waals surface area contributed by atoms with Gasteiger partial charge >= 0.3 is 0 Å². The fourth-order valence-corrected chi connectivity index (χ4v) is 1.43. The molecular weight excluding hydrogens is 114 g/mol. The van der Waals surface area contributed by atoms with E-state index in [0.717, 1.165) is 6.42 Å². The first-order valence-electron chi connectivity index (χ1n) is 3.50. The van der Waals surface area contributed by atoms with Crippen molar-refractivity contribution in [3.05, 3.63) is 0 Å². The fraction of sp³-hybridized carbons (Fsp3) is 1.00. The molecular formula is C7H15NO. The molecule has 0 radical (unpaired) electrons. The van der Waals surface area contributed by atoms with Gasteiger partial charge in [0.25, 0.3) is 0 Å². The van der Waals surface area contributed by atoms with E-state index in [4.69, 9.17) is 10.8 Å². The van der Waals surface area contributed by atoms with Crippen molar-refractivity contribution in [2.75, 3.05) is 6.61 Å². The molecule has 1 fully saturated rings. The van der Waals surface area contributed by atoms with Gasteiger partial charge in [-0.3, -0.25) is 0 Å². The zero-order valence-electron chi connectivity index (χ0n) is 6.09. The molecule has 3 N–H and O–H groups in total. The van der Waals surface area contributed by atoms with Gasteiger partial charge in [-0.25, -0.2) is 0 Å². The highest BCUT2D eigenvalue weighted by atomic mass is 16.3. The SMILES string of the molecule is CC(C)C1CC1(N)CO. The highest BCUT2D eigenvalue weighted by Gasteiger charge is 2.51. The second-order valence-electron chi connectivity index (χ2n) is 3.45. The molecule has 0 heterocycles. The molecule has 1 rings (SSSR count). The molecule has 2 atom stereocenters. The third-order valence-electron chi connectivity index (χ3n) is 2.28. The minimum Gasteiger partial charge on any atom is -0.394 e. The van der Waals surface area contributed by atoms with Crippen molar-refractivity contribution in [2.45, 2.75) is 25.8 Å². The van der Waals surface area contributed by atoms with Gasteiger partial charge in [-0.05, 0) is 18.3 Å². The Hall–Kier alpha value is -0.0800. The van der Waals surface area contributed by atoms with Gasteiger partial charge in [-0.1, -0.05) is 13.8 Å². The predicted octanol–water partition coefficient (Wildman–Crippen LogP) is 0.352. The van der Waals surface area contributed by atoms with Crippen LogP contribution in [0.15, 0.2) is 0 Å². The summed E-state index contributed by atoms with van der Waals surface area (Å²) in [6.45, 7) is 4.44. The Kier molecular flexibility index (Phi) is 1.53. The first kappa shape index (κ1) is 7.03. The van der Waals surface area contributed by atoms with Crippen molar-refractivity contribution in [3.8, 4) is 0 Å². The average molecular weight is 129 g/mol. The highest BCUT2D eigenvalue weighted by molar-refractivity contribution is 5.08. The topological polar surface area (TPSA) is 46.2 Å². The van der Waals surface area contributed by atoms with Gasteiger partial charge in [0.05, 0.1) is 6.61 Å². The average Bonchev–Trinajstić information content (AvgIpc) is 2.44. The monoisotopic (exact) mass is 129 g/mol. The van der Waals surface area contributed by atoms with Crippen LogP contribution in [-0.4, -0.2) is 17.3 Å². The van der Waals surface area contributed by atoms with E-state index in [1.54, 1.807) is 0 Å². The van der Waals surface area contributed by atoms with Crippen LogP contribution < -0.4 is 5.73 Å². The maximum Gasteiger partial charge on any atom is 0.0614 e. The summed E-state index contributed by atoms with van der Waals surface area (Å²) in [5, 5.41) is 8.76. The van der Waals surface area contributed by atoms with Crippen LogP contribution in [0.1, 0.15) is 20.3 Å². The molecule has 0 aromatic rings. The van der Waals surface area contributed by atoms with E-state index in [2.05, 4.69) is 13.8 Å². The van der Waals surface area contributed by atoms with Gasteiger partial charge < -0.3 is 10.8 Å². The minimum atomic E-state index is -0.214. The van der Waals surface area contributed by atoms with Crippen LogP contribution >= 0.6 is 0 Å². The van der Waals surface area contributed by atoms with Crippen LogP contribution in [0.4, 0.5) is 0 Å². The van der Waals surface area contributed by atoms with Crippen LogP contribution in [0.5, 0.6) is 0 Å². The van der Waals surface area contributed by atoms with Gasteiger partial charge in [0.1, 0.15) is 0 Å². The zero-order chi connectivity index (χ0) is 7.07. The van der Waals surface area contributed by atoms with Gasteiger partial charge in [0.15, 0.2) is 0 Å². The summed E-state index contributed by atoms with van der Waals surface area (Å²) in [5.41, 5.74) is 5.53. The van der Waals surface area contributed by atoms with E-state index >= 15 is 0 Å². The minimum absolute atomic E-state index is 0.149. The van der Waals surface area contributed by atoms with E-state index in [0.29, 0.717) is 11.8 Å². The van der Waals surface area contributed by atoms with E-state index in [9.17, 15) is 0 Å². The Labute approximate surface area is 56.1 Å². The van der Waals surface area contributed by atoms with Crippen molar-refractivity contribution >= 4 is 0 Å². The maximum absolute atomic E-state index is 8.76. The third-order valence-corrected chi connectivity index (χ3v) is 2.28. The molecule has 0 bridgehead atoms. The molecule has 54 valence electrons. The Morgan fingerprint density at radius 1 is 1.78 bits per heavy atom. The second kappa shape index (κ2) is 1.96. The molecule has 1 aliphatic rings. The molecule has 2 unspecified atom stereocenters. The van der Waals surface area contributed by atoms with Crippen molar-refractivity contribution in [2.24, 2.45) is 17.6 Å². The smallest absolute Gasteiger partial charge is 0.0614 e. The number of hydrogen-bond acceptors (Lipinski definition) is 2. The van der Waals surface area contributed by atoms with Crippen LogP contribution in [0.3, 0.4) is 0 Å². The molecule has 0 aromatic carbocycles. The van der Waals surface area contributed by atoms with Crippen molar-refractivity contribution in [3.63, 3.8) is 0 Å².